The Morgan fingerprint density at radius 1 is 1.50 bits per heavy atom. The predicted octanol–water partition coefficient (Wildman–Crippen LogP) is 3.75. The van der Waals surface area contributed by atoms with Crippen LogP contribution in [0.1, 0.15) is 58.7 Å². The van der Waals surface area contributed by atoms with E-state index in [1.807, 2.05) is 16.9 Å². The van der Waals surface area contributed by atoms with Crippen molar-refractivity contribution in [2.45, 2.75) is 65.5 Å². The highest BCUT2D eigenvalue weighted by Gasteiger charge is 2.25. The third kappa shape index (κ3) is 3.72. The average molecular weight is 276 g/mol. The number of aliphatic hydroxyl groups is 1. The number of hydrogen-bond acceptors (Lipinski definition) is 2. The second-order valence-electron chi connectivity index (χ2n) is 6.51. The number of nitrogens with zero attached hydrogens (tertiary/aromatic N) is 2. The van der Waals surface area contributed by atoms with Crippen LogP contribution >= 0.6 is 0 Å². The molecule has 0 radical (unpaired) electrons. The van der Waals surface area contributed by atoms with Crippen LogP contribution < -0.4 is 0 Å². The zero-order valence-corrected chi connectivity index (χ0v) is 13.2. The molecule has 0 aromatic carbocycles. The maximum absolute atomic E-state index is 10.5. The fraction of sp³-hybridized carbons (Fsp3) is 0.706. The molecule has 4 atom stereocenters. The zero-order chi connectivity index (χ0) is 14.7. The van der Waals surface area contributed by atoms with Crippen molar-refractivity contribution in [3.05, 3.63) is 29.6 Å². The zero-order valence-electron chi connectivity index (χ0n) is 13.2. The molecule has 1 aliphatic carbocycles. The molecule has 0 amide bonds. The van der Waals surface area contributed by atoms with Crippen LogP contribution in [0.2, 0.25) is 0 Å². The van der Waals surface area contributed by atoms with E-state index in [2.05, 4.69) is 38.9 Å². The molecule has 1 aliphatic rings. The Bertz CT molecular complexity index is 463. The average Bonchev–Trinajstić information content (AvgIpc) is 2.85. The van der Waals surface area contributed by atoms with Crippen LogP contribution in [-0.2, 0) is 6.42 Å². The predicted molar refractivity (Wildman–Crippen MR) is 82.6 cm³/mol. The van der Waals surface area contributed by atoms with E-state index in [1.54, 1.807) is 0 Å². The lowest BCUT2D eigenvalue weighted by Crippen LogP contribution is -2.27. The van der Waals surface area contributed by atoms with Gasteiger partial charge in [0.1, 0.15) is 0 Å². The fourth-order valence-electron chi connectivity index (χ4n) is 3.19. The topological polar surface area (TPSA) is 38.0 Å². The number of hydrogen-bond donors (Lipinski definition) is 1. The summed E-state index contributed by atoms with van der Waals surface area (Å²) in [7, 11) is 0. The van der Waals surface area contributed by atoms with Crippen molar-refractivity contribution in [1.82, 2.24) is 9.78 Å². The smallest absolute Gasteiger partial charge is 0.0650 e. The van der Waals surface area contributed by atoms with Crippen molar-refractivity contribution in [1.29, 1.82) is 0 Å². The first-order valence-corrected chi connectivity index (χ1v) is 7.89. The minimum absolute atomic E-state index is 0.276. The molecule has 3 heteroatoms. The summed E-state index contributed by atoms with van der Waals surface area (Å²) < 4.78 is 2.01. The van der Waals surface area contributed by atoms with Gasteiger partial charge in [-0.3, -0.25) is 4.68 Å². The summed E-state index contributed by atoms with van der Waals surface area (Å²) in [4.78, 5) is 0. The summed E-state index contributed by atoms with van der Waals surface area (Å²) in [6.45, 7) is 8.75. The third-order valence-electron chi connectivity index (χ3n) is 4.50. The van der Waals surface area contributed by atoms with Crippen LogP contribution in [0.3, 0.4) is 0 Å². The van der Waals surface area contributed by atoms with Gasteiger partial charge in [0.25, 0.3) is 0 Å². The SMILES string of the molecule is CCC(C)n1ccc(CC(O)C2CC(C)=CC(C)C2)n1. The van der Waals surface area contributed by atoms with Crippen molar-refractivity contribution < 1.29 is 5.11 Å². The minimum atomic E-state index is -0.276. The van der Waals surface area contributed by atoms with Crippen molar-refractivity contribution in [3.63, 3.8) is 0 Å². The highest BCUT2D eigenvalue weighted by atomic mass is 16.3. The lowest BCUT2D eigenvalue weighted by Gasteiger charge is -2.29. The van der Waals surface area contributed by atoms with Crippen molar-refractivity contribution in [3.8, 4) is 0 Å². The maximum atomic E-state index is 10.5. The van der Waals surface area contributed by atoms with Gasteiger partial charge in [0, 0.05) is 18.7 Å². The molecule has 0 fully saturated rings. The lowest BCUT2D eigenvalue weighted by molar-refractivity contribution is 0.0921. The van der Waals surface area contributed by atoms with Gasteiger partial charge < -0.3 is 5.11 Å². The first-order chi connectivity index (χ1) is 9.49. The van der Waals surface area contributed by atoms with E-state index in [0.717, 1.165) is 25.0 Å². The van der Waals surface area contributed by atoms with Crippen LogP contribution in [-0.4, -0.2) is 21.0 Å². The molecule has 1 aromatic heterocycles. The Morgan fingerprint density at radius 2 is 2.25 bits per heavy atom. The first kappa shape index (κ1) is 15.3. The lowest BCUT2D eigenvalue weighted by atomic mass is 9.79. The van der Waals surface area contributed by atoms with Crippen LogP contribution in [0.5, 0.6) is 0 Å². The number of aromatic nitrogens is 2. The quantitative estimate of drug-likeness (QED) is 0.832. The summed E-state index contributed by atoms with van der Waals surface area (Å²) in [5.41, 5.74) is 2.43. The van der Waals surface area contributed by atoms with Gasteiger partial charge in [-0.2, -0.15) is 5.10 Å². The normalized spacial score (nSPS) is 26.1. The first-order valence-electron chi connectivity index (χ1n) is 7.89. The molecule has 0 spiro atoms. The van der Waals surface area contributed by atoms with Crippen LogP contribution in [0.4, 0.5) is 0 Å². The van der Waals surface area contributed by atoms with E-state index in [9.17, 15) is 5.11 Å². The molecule has 0 aliphatic heterocycles. The molecule has 3 nitrogen and oxygen atoms in total. The fourth-order valence-corrected chi connectivity index (χ4v) is 3.19. The second kappa shape index (κ2) is 6.57. The molecular weight excluding hydrogens is 248 g/mol. The Kier molecular flexibility index (Phi) is 5.03. The van der Waals surface area contributed by atoms with E-state index >= 15 is 0 Å². The van der Waals surface area contributed by atoms with E-state index in [0.29, 0.717) is 24.3 Å². The highest BCUT2D eigenvalue weighted by molar-refractivity contribution is 5.09. The number of allylic oxidation sites excluding steroid dienone is 2. The van der Waals surface area contributed by atoms with Gasteiger partial charge in [0.15, 0.2) is 0 Å². The van der Waals surface area contributed by atoms with E-state index < -0.39 is 0 Å². The molecular formula is C17H28N2O. The molecule has 2 rings (SSSR count). The monoisotopic (exact) mass is 276 g/mol. The van der Waals surface area contributed by atoms with Gasteiger partial charge in [0.05, 0.1) is 11.8 Å². The van der Waals surface area contributed by atoms with Gasteiger partial charge in [-0.1, -0.05) is 25.5 Å². The molecule has 0 saturated carbocycles. The van der Waals surface area contributed by atoms with E-state index in [1.165, 1.54) is 5.57 Å². The summed E-state index contributed by atoms with van der Waals surface area (Å²) in [5, 5.41) is 15.1. The number of rotatable bonds is 5. The summed E-state index contributed by atoms with van der Waals surface area (Å²) in [6.07, 6.45) is 7.96. The molecule has 4 unspecified atom stereocenters. The summed E-state index contributed by atoms with van der Waals surface area (Å²) in [5.74, 6) is 0.963. The second-order valence-corrected chi connectivity index (χ2v) is 6.51. The summed E-state index contributed by atoms with van der Waals surface area (Å²) in [6, 6.07) is 2.48. The largest absolute Gasteiger partial charge is 0.392 e. The van der Waals surface area contributed by atoms with Crippen molar-refractivity contribution in [2.24, 2.45) is 11.8 Å². The highest BCUT2D eigenvalue weighted by Crippen LogP contribution is 2.31. The third-order valence-corrected chi connectivity index (χ3v) is 4.50. The molecule has 112 valence electrons. The van der Waals surface area contributed by atoms with Gasteiger partial charge in [-0.15, -0.1) is 0 Å². The molecule has 1 heterocycles. The Labute approximate surface area is 122 Å². The van der Waals surface area contributed by atoms with Gasteiger partial charge in [-0.05, 0) is 51.0 Å². The Morgan fingerprint density at radius 3 is 2.90 bits per heavy atom. The van der Waals surface area contributed by atoms with E-state index in [4.69, 9.17) is 0 Å². The molecule has 1 aromatic rings. The van der Waals surface area contributed by atoms with Crippen LogP contribution in [0.25, 0.3) is 0 Å². The molecule has 1 N–H and O–H groups in total. The van der Waals surface area contributed by atoms with Crippen molar-refractivity contribution in [2.75, 3.05) is 0 Å². The van der Waals surface area contributed by atoms with Crippen LogP contribution in [0, 0.1) is 11.8 Å². The minimum Gasteiger partial charge on any atom is -0.392 e. The molecule has 0 saturated heterocycles. The van der Waals surface area contributed by atoms with Crippen LogP contribution in [0.15, 0.2) is 23.9 Å². The standard InChI is InChI=1S/C17H28N2O/c1-5-14(4)19-7-6-16(18-19)11-17(20)15-9-12(2)8-13(3)10-15/h6-8,12,14-15,17,20H,5,9-11H2,1-4H3. The maximum Gasteiger partial charge on any atom is 0.0650 e. The van der Waals surface area contributed by atoms with E-state index in [-0.39, 0.29) is 6.10 Å². The van der Waals surface area contributed by atoms with Gasteiger partial charge >= 0.3 is 0 Å². The molecule has 20 heavy (non-hydrogen) atoms. The van der Waals surface area contributed by atoms with Gasteiger partial charge in [-0.25, -0.2) is 0 Å². The Balaban J connectivity index is 1.96. The van der Waals surface area contributed by atoms with Gasteiger partial charge in [0.2, 0.25) is 0 Å². The Hall–Kier alpha value is -1.09. The summed E-state index contributed by atoms with van der Waals surface area (Å²) >= 11 is 0. The molecule has 0 bridgehead atoms. The number of aliphatic hydroxyl groups excluding tert-OH is 1. The van der Waals surface area contributed by atoms with Crippen molar-refractivity contribution >= 4 is 0 Å².